The van der Waals surface area contributed by atoms with Crippen LogP contribution in [0.2, 0.25) is 0 Å². The number of aryl methyl sites for hydroxylation is 1. The first-order valence-corrected chi connectivity index (χ1v) is 8.36. The Morgan fingerprint density at radius 3 is 2.64 bits per heavy atom. The Morgan fingerprint density at radius 1 is 1.27 bits per heavy atom. The highest BCUT2D eigenvalue weighted by atomic mass is 32.1. The van der Waals surface area contributed by atoms with Crippen LogP contribution in [0.1, 0.15) is 26.0 Å². The van der Waals surface area contributed by atoms with E-state index >= 15 is 0 Å². The van der Waals surface area contributed by atoms with Gasteiger partial charge in [0, 0.05) is 44.4 Å². The molecule has 1 aliphatic heterocycles. The number of carbonyl (C=O) groups excluding carboxylic acids is 1. The quantitative estimate of drug-likeness (QED) is 0.835. The van der Waals surface area contributed by atoms with Gasteiger partial charge in [0.1, 0.15) is 0 Å². The number of piperazine rings is 1. The van der Waals surface area contributed by atoms with E-state index in [0.29, 0.717) is 24.5 Å². The molecule has 1 saturated heterocycles. The molecule has 7 nitrogen and oxygen atoms in total. The largest absolute Gasteiger partial charge is 0.343 e. The predicted octanol–water partition coefficient (Wildman–Crippen LogP) is 0.772. The van der Waals surface area contributed by atoms with Crippen LogP contribution in [-0.2, 0) is 11.2 Å². The van der Waals surface area contributed by atoms with Gasteiger partial charge in [-0.15, -0.1) is 5.10 Å². The summed E-state index contributed by atoms with van der Waals surface area (Å²) in [6, 6.07) is 1.54. The fraction of sp³-hybridized carbons (Fsp3) is 0.571. The number of rotatable bonds is 3. The molecule has 0 saturated carbocycles. The Morgan fingerprint density at radius 2 is 2.00 bits per heavy atom. The zero-order chi connectivity index (χ0) is 15.7. The summed E-state index contributed by atoms with van der Waals surface area (Å²) in [7, 11) is 0. The van der Waals surface area contributed by atoms with Crippen LogP contribution in [0.4, 0.5) is 5.13 Å². The van der Waals surface area contributed by atoms with Crippen LogP contribution in [-0.4, -0.2) is 51.6 Å². The van der Waals surface area contributed by atoms with Gasteiger partial charge in [0.05, 0.1) is 0 Å². The lowest BCUT2D eigenvalue weighted by Crippen LogP contribution is -2.48. The Balaban J connectivity index is 1.82. The molecule has 0 unspecified atom stereocenters. The van der Waals surface area contributed by atoms with Gasteiger partial charge < -0.3 is 9.80 Å². The number of fused-ring (bicyclic) bond motifs is 1. The zero-order valence-corrected chi connectivity index (χ0v) is 13.6. The predicted molar refractivity (Wildman–Crippen MR) is 85.6 cm³/mol. The van der Waals surface area contributed by atoms with E-state index in [1.807, 2.05) is 18.7 Å². The van der Waals surface area contributed by atoms with E-state index in [4.69, 9.17) is 0 Å². The highest BCUT2D eigenvalue weighted by Gasteiger charge is 2.22. The van der Waals surface area contributed by atoms with E-state index in [1.54, 1.807) is 0 Å². The molecule has 0 aliphatic carbocycles. The summed E-state index contributed by atoms with van der Waals surface area (Å²) in [6.07, 6.45) is 1.27. The molecule has 1 fully saturated rings. The molecule has 0 atom stereocenters. The van der Waals surface area contributed by atoms with E-state index in [-0.39, 0.29) is 11.5 Å². The number of hydrogen-bond donors (Lipinski definition) is 0. The number of amides is 1. The van der Waals surface area contributed by atoms with Crippen molar-refractivity contribution < 1.29 is 4.79 Å². The average Bonchev–Trinajstić information content (AvgIpc) is 2.98. The zero-order valence-electron chi connectivity index (χ0n) is 12.8. The summed E-state index contributed by atoms with van der Waals surface area (Å²) in [5.41, 5.74) is 0.655. The molecule has 0 N–H and O–H groups in total. The highest BCUT2D eigenvalue weighted by molar-refractivity contribution is 7.20. The van der Waals surface area contributed by atoms with Crippen molar-refractivity contribution in [2.24, 2.45) is 0 Å². The van der Waals surface area contributed by atoms with Gasteiger partial charge in [0.25, 0.3) is 5.56 Å². The molecule has 3 heterocycles. The lowest BCUT2D eigenvalue weighted by Gasteiger charge is -2.34. The second-order valence-corrected chi connectivity index (χ2v) is 6.17. The Kier molecular flexibility index (Phi) is 4.10. The van der Waals surface area contributed by atoms with Gasteiger partial charge in [0.2, 0.25) is 16.0 Å². The highest BCUT2D eigenvalue weighted by Crippen LogP contribution is 2.22. The molecule has 118 valence electrons. The second kappa shape index (κ2) is 6.04. The SMILES string of the molecule is CCC(=O)N1CCN(c2nn3c(=O)cc(CC)nc3s2)CC1. The van der Waals surface area contributed by atoms with Crippen molar-refractivity contribution in [2.45, 2.75) is 26.7 Å². The monoisotopic (exact) mass is 321 g/mol. The van der Waals surface area contributed by atoms with Crippen LogP contribution >= 0.6 is 11.3 Å². The maximum Gasteiger partial charge on any atom is 0.275 e. The summed E-state index contributed by atoms with van der Waals surface area (Å²) < 4.78 is 1.36. The van der Waals surface area contributed by atoms with E-state index < -0.39 is 0 Å². The first-order valence-electron chi connectivity index (χ1n) is 7.55. The smallest absolute Gasteiger partial charge is 0.275 e. The van der Waals surface area contributed by atoms with E-state index in [0.717, 1.165) is 30.3 Å². The fourth-order valence-corrected chi connectivity index (χ4v) is 3.50. The topological polar surface area (TPSA) is 70.8 Å². The molecule has 0 radical (unpaired) electrons. The van der Waals surface area contributed by atoms with Crippen LogP contribution in [0.25, 0.3) is 4.96 Å². The van der Waals surface area contributed by atoms with E-state index in [2.05, 4.69) is 15.0 Å². The molecule has 2 aromatic rings. The standard InChI is InChI=1S/C14H19N5O2S/c1-3-10-9-12(21)19-13(15-10)22-14(16-19)18-7-5-17(6-8-18)11(20)4-2/h9H,3-8H2,1-2H3. The van der Waals surface area contributed by atoms with Crippen LogP contribution in [0.3, 0.4) is 0 Å². The average molecular weight is 321 g/mol. The lowest BCUT2D eigenvalue weighted by atomic mass is 10.3. The first-order chi connectivity index (χ1) is 10.6. The van der Waals surface area contributed by atoms with Crippen molar-refractivity contribution in [1.29, 1.82) is 0 Å². The number of anilines is 1. The molecule has 0 spiro atoms. The minimum Gasteiger partial charge on any atom is -0.343 e. The summed E-state index contributed by atoms with van der Waals surface area (Å²) in [4.78, 5) is 32.8. The summed E-state index contributed by atoms with van der Waals surface area (Å²) >= 11 is 1.43. The summed E-state index contributed by atoms with van der Waals surface area (Å²) in [6.45, 7) is 6.73. The molecule has 0 bridgehead atoms. The van der Waals surface area contributed by atoms with Crippen molar-refractivity contribution in [2.75, 3.05) is 31.1 Å². The molecule has 1 amide bonds. The Labute approximate surface area is 132 Å². The molecular formula is C14H19N5O2S. The third-order valence-corrected chi connectivity index (χ3v) is 4.82. The molecule has 8 heteroatoms. The van der Waals surface area contributed by atoms with Gasteiger partial charge in [-0.05, 0) is 6.42 Å². The third kappa shape index (κ3) is 2.70. The maximum absolute atomic E-state index is 12.0. The van der Waals surface area contributed by atoms with Crippen LogP contribution in [0.15, 0.2) is 10.9 Å². The van der Waals surface area contributed by atoms with Gasteiger partial charge in [-0.25, -0.2) is 4.98 Å². The van der Waals surface area contributed by atoms with E-state index in [1.165, 1.54) is 21.9 Å². The minimum absolute atomic E-state index is 0.135. The Bertz CT molecular complexity index is 745. The molecule has 22 heavy (non-hydrogen) atoms. The van der Waals surface area contributed by atoms with Gasteiger partial charge in [-0.1, -0.05) is 25.2 Å². The molecule has 0 aromatic carbocycles. The third-order valence-electron chi connectivity index (χ3n) is 3.85. The fourth-order valence-electron chi connectivity index (χ4n) is 2.53. The van der Waals surface area contributed by atoms with Gasteiger partial charge in [-0.2, -0.15) is 4.52 Å². The van der Waals surface area contributed by atoms with Crippen LogP contribution < -0.4 is 10.5 Å². The van der Waals surface area contributed by atoms with Crippen LogP contribution in [0, 0.1) is 0 Å². The molecule has 1 aliphatic rings. The maximum atomic E-state index is 12.0. The number of carbonyl (C=O) groups is 1. The van der Waals surface area contributed by atoms with Gasteiger partial charge in [0.15, 0.2) is 0 Å². The normalized spacial score (nSPS) is 15.5. The molecular weight excluding hydrogens is 302 g/mol. The number of hydrogen-bond acceptors (Lipinski definition) is 6. The number of aromatic nitrogens is 3. The van der Waals surface area contributed by atoms with Crippen molar-refractivity contribution in [1.82, 2.24) is 19.5 Å². The van der Waals surface area contributed by atoms with Crippen molar-refractivity contribution in [3.05, 3.63) is 22.1 Å². The van der Waals surface area contributed by atoms with Crippen LogP contribution in [0.5, 0.6) is 0 Å². The lowest BCUT2D eigenvalue weighted by molar-refractivity contribution is -0.131. The second-order valence-electron chi connectivity index (χ2n) is 5.24. The van der Waals surface area contributed by atoms with Gasteiger partial charge in [-0.3, -0.25) is 9.59 Å². The summed E-state index contributed by atoms with van der Waals surface area (Å²) in [5.74, 6) is 0.189. The van der Waals surface area contributed by atoms with Crippen molar-refractivity contribution >= 4 is 27.3 Å². The van der Waals surface area contributed by atoms with E-state index in [9.17, 15) is 9.59 Å². The minimum atomic E-state index is -0.135. The molecule has 3 rings (SSSR count). The van der Waals surface area contributed by atoms with Crippen molar-refractivity contribution in [3.8, 4) is 0 Å². The van der Waals surface area contributed by atoms with Crippen molar-refractivity contribution in [3.63, 3.8) is 0 Å². The Hall–Kier alpha value is -1.96. The summed E-state index contributed by atoms with van der Waals surface area (Å²) in [5, 5.41) is 5.18. The molecule has 2 aromatic heterocycles. The van der Waals surface area contributed by atoms with Gasteiger partial charge >= 0.3 is 0 Å². The first kappa shape index (κ1) is 15.0. The number of nitrogens with zero attached hydrogens (tertiary/aromatic N) is 5.